The number of benzene rings is 2. The van der Waals surface area contributed by atoms with Gasteiger partial charge in [0.25, 0.3) is 5.91 Å². The van der Waals surface area contributed by atoms with E-state index in [1.165, 1.54) is 18.4 Å². The molecule has 1 fully saturated rings. The summed E-state index contributed by atoms with van der Waals surface area (Å²) in [6.45, 7) is 7.45. The molecule has 0 aliphatic carbocycles. The molecule has 0 bridgehead atoms. The van der Waals surface area contributed by atoms with Gasteiger partial charge in [0.05, 0.1) is 6.61 Å². The summed E-state index contributed by atoms with van der Waals surface area (Å²) in [7, 11) is 0. The van der Waals surface area contributed by atoms with Crippen molar-refractivity contribution in [2.75, 3.05) is 18.4 Å². The normalized spacial score (nSPS) is 17.9. The first-order chi connectivity index (χ1) is 12.6. The van der Waals surface area contributed by atoms with Crippen LogP contribution >= 0.6 is 0 Å². The number of carbonyl (C=O) groups is 1. The highest BCUT2D eigenvalue weighted by atomic mass is 16.3. The smallest absolute Gasteiger partial charge is 0.255 e. The van der Waals surface area contributed by atoms with E-state index < -0.39 is 0 Å². The largest absolute Gasteiger partial charge is 0.392 e. The van der Waals surface area contributed by atoms with Gasteiger partial charge < -0.3 is 10.4 Å². The maximum absolute atomic E-state index is 12.5. The molecule has 1 unspecified atom stereocenters. The zero-order valence-corrected chi connectivity index (χ0v) is 15.7. The van der Waals surface area contributed by atoms with Crippen molar-refractivity contribution in [1.82, 2.24) is 4.90 Å². The molecule has 0 spiro atoms. The van der Waals surface area contributed by atoms with Crippen LogP contribution in [0.1, 0.15) is 46.8 Å². The van der Waals surface area contributed by atoms with E-state index in [2.05, 4.69) is 17.1 Å². The molecule has 3 rings (SSSR count). The molecule has 2 N–H and O–H groups in total. The molecule has 0 saturated carbocycles. The third kappa shape index (κ3) is 4.51. The molecule has 2 aromatic rings. The predicted octanol–water partition coefficient (Wildman–Crippen LogP) is 3.97. The van der Waals surface area contributed by atoms with Crippen molar-refractivity contribution in [2.45, 2.75) is 39.8 Å². The molecule has 0 radical (unpaired) electrons. The average Bonchev–Trinajstić information content (AvgIpc) is 2.64. The standard InChI is InChI=1S/C22H28N2O2/c1-16-5-4-12-24(13-16)14-18-8-10-19(11-9-18)22(26)23-21-7-3-6-20(15-25)17(21)2/h3,6-11,16,25H,4-5,12-15H2,1-2H3,(H,23,26). The van der Waals surface area contributed by atoms with E-state index in [1.807, 2.05) is 49.4 Å². The number of rotatable bonds is 5. The van der Waals surface area contributed by atoms with Crippen LogP contribution < -0.4 is 5.32 Å². The zero-order chi connectivity index (χ0) is 18.5. The minimum atomic E-state index is -0.124. The molecule has 26 heavy (non-hydrogen) atoms. The molecule has 138 valence electrons. The second-order valence-corrected chi connectivity index (χ2v) is 7.38. The van der Waals surface area contributed by atoms with Gasteiger partial charge in [0.2, 0.25) is 0 Å². The van der Waals surface area contributed by atoms with E-state index in [-0.39, 0.29) is 12.5 Å². The fraction of sp³-hybridized carbons (Fsp3) is 0.409. The SMILES string of the molecule is Cc1c(CO)cccc1NC(=O)c1ccc(CN2CCCC(C)C2)cc1. The van der Waals surface area contributed by atoms with Gasteiger partial charge in [-0.2, -0.15) is 0 Å². The van der Waals surface area contributed by atoms with Crippen LogP contribution in [-0.4, -0.2) is 29.0 Å². The molecule has 1 heterocycles. The van der Waals surface area contributed by atoms with E-state index in [4.69, 9.17) is 0 Å². The molecule has 0 aromatic heterocycles. The van der Waals surface area contributed by atoms with Crippen LogP contribution in [0, 0.1) is 12.8 Å². The number of anilines is 1. The number of piperidine rings is 1. The van der Waals surface area contributed by atoms with Gasteiger partial charge in [-0.25, -0.2) is 0 Å². The lowest BCUT2D eigenvalue weighted by molar-refractivity contribution is 0.102. The van der Waals surface area contributed by atoms with Crippen LogP contribution in [0.2, 0.25) is 0 Å². The fourth-order valence-electron chi connectivity index (χ4n) is 3.63. The molecule has 4 heteroatoms. The number of amides is 1. The third-order valence-corrected chi connectivity index (χ3v) is 5.23. The summed E-state index contributed by atoms with van der Waals surface area (Å²) in [6, 6.07) is 13.4. The van der Waals surface area contributed by atoms with Crippen molar-refractivity contribution >= 4 is 11.6 Å². The van der Waals surface area contributed by atoms with E-state index in [0.29, 0.717) is 5.56 Å². The zero-order valence-electron chi connectivity index (χ0n) is 15.7. The number of nitrogens with zero attached hydrogens (tertiary/aromatic N) is 1. The van der Waals surface area contributed by atoms with Gasteiger partial charge in [-0.1, -0.05) is 31.2 Å². The Morgan fingerprint density at radius 2 is 2.00 bits per heavy atom. The monoisotopic (exact) mass is 352 g/mol. The van der Waals surface area contributed by atoms with Crippen LogP contribution in [-0.2, 0) is 13.2 Å². The molecule has 1 saturated heterocycles. The van der Waals surface area contributed by atoms with Gasteiger partial charge in [-0.15, -0.1) is 0 Å². The fourth-order valence-corrected chi connectivity index (χ4v) is 3.63. The van der Waals surface area contributed by atoms with E-state index in [9.17, 15) is 9.90 Å². The number of carbonyl (C=O) groups excluding carboxylic acids is 1. The molecular formula is C22H28N2O2. The van der Waals surface area contributed by atoms with Crippen molar-refractivity contribution in [1.29, 1.82) is 0 Å². The van der Waals surface area contributed by atoms with Crippen LogP contribution in [0.4, 0.5) is 5.69 Å². The summed E-state index contributed by atoms with van der Waals surface area (Å²) < 4.78 is 0. The highest BCUT2D eigenvalue weighted by molar-refractivity contribution is 6.04. The Balaban J connectivity index is 1.64. The summed E-state index contributed by atoms with van der Waals surface area (Å²) in [5.74, 6) is 0.646. The highest BCUT2D eigenvalue weighted by Gasteiger charge is 2.16. The topological polar surface area (TPSA) is 52.6 Å². The summed E-state index contributed by atoms with van der Waals surface area (Å²) in [5.41, 5.74) is 4.37. The number of aliphatic hydroxyl groups excluding tert-OH is 1. The summed E-state index contributed by atoms with van der Waals surface area (Å²) in [5, 5.41) is 12.3. The predicted molar refractivity (Wildman–Crippen MR) is 105 cm³/mol. The molecule has 1 aliphatic rings. The minimum absolute atomic E-state index is 0.0284. The van der Waals surface area contributed by atoms with Crippen LogP contribution in [0.3, 0.4) is 0 Å². The Morgan fingerprint density at radius 3 is 2.69 bits per heavy atom. The number of hydrogen-bond donors (Lipinski definition) is 2. The summed E-state index contributed by atoms with van der Waals surface area (Å²) >= 11 is 0. The van der Waals surface area contributed by atoms with Gasteiger partial charge in [0, 0.05) is 24.3 Å². The number of hydrogen-bond acceptors (Lipinski definition) is 3. The number of aliphatic hydroxyl groups is 1. The Kier molecular flexibility index (Phi) is 6.07. The van der Waals surface area contributed by atoms with Gasteiger partial charge in [0.15, 0.2) is 0 Å². The maximum atomic E-state index is 12.5. The Hall–Kier alpha value is -2.17. The average molecular weight is 352 g/mol. The molecule has 1 amide bonds. The van der Waals surface area contributed by atoms with Crippen molar-refractivity contribution < 1.29 is 9.90 Å². The number of nitrogens with one attached hydrogen (secondary N) is 1. The van der Waals surface area contributed by atoms with Gasteiger partial charge in [0.1, 0.15) is 0 Å². The number of likely N-dealkylation sites (tertiary alicyclic amines) is 1. The quantitative estimate of drug-likeness (QED) is 0.856. The first-order valence-electron chi connectivity index (χ1n) is 9.39. The van der Waals surface area contributed by atoms with E-state index >= 15 is 0 Å². The second kappa shape index (κ2) is 8.47. The Bertz CT molecular complexity index is 755. The van der Waals surface area contributed by atoms with Gasteiger partial charge in [-0.3, -0.25) is 9.69 Å². The van der Waals surface area contributed by atoms with E-state index in [1.54, 1.807) is 0 Å². The molecule has 1 aliphatic heterocycles. The van der Waals surface area contributed by atoms with Gasteiger partial charge >= 0.3 is 0 Å². The summed E-state index contributed by atoms with van der Waals surface area (Å²) in [6.07, 6.45) is 2.60. The molecule has 2 aromatic carbocycles. The first-order valence-corrected chi connectivity index (χ1v) is 9.39. The van der Waals surface area contributed by atoms with Crippen molar-refractivity contribution in [3.63, 3.8) is 0 Å². The van der Waals surface area contributed by atoms with Crippen LogP contribution in [0.25, 0.3) is 0 Å². The molecular weight excluding hydrogens is 324 g/mol. The third-order valence-electron chi connectivity index (χ3n) is 5.23. The van der Waals surface area contributed by atoms with Crippen LogP contribution in [0.15, 0.2) is 42.5 Å². The first kappa shape index (κ1) is 18.6. The second-order valence-electron chi connectivity index (χ2n) is 7.38. The van der Waals surface area contributed by atoms with Crippen molar-refractivity contribution in [2.24, 2.45) is 5.92 Å². The maximum Gasteiger partial charge on any atom is 0.255 e. The van der Waals surface area contributed by atoms with Crippen LogP contribution in [0.5, 0.6) is 0 Å². The lowest BCUT2D eigenvalue weighted by Gasteiger charge is -2.30. The Labute approximate surface area is 155 Å². The molecule has 4 nitrogen and oxygen atoms in total. The van der Waals surface area contributed by atoms with E-state index in [0.717, 1.165) is 42.4 Å². The molecule has 1 atom stereocenters. The lowest BCUT2D eigenvalue weighted by Crippen LogP contribution is -2.33. The Morgan fingerprint density at radius 1 is 1.23 bits per heavy atom. The van der Waals surface area contributed by atoms with Crippen molar-refractivity contribution in [3.05, 3.63) is 64.7 Å². The lowest BCUT2D eigenvalue weighted by atomic mass is 9.99. The summed E-state index contributed by atoms with van der Waals surface area (Å²) in [4.78, 5) is 15.0. The highest BCUT2D eigenvalue weighted by Crippen LogP contribution is 2.21. The minimum Gasteiger partial charge on any atom is -0.392 e. The van der Waals surface area contributed by atoms with Crippen molar-refractivity contribution in [3.8, 4) is 0 Å². The van der Waals surface area contributed by atoms with Gasteiger partial charge in [-0.05, 0) is 67.1 Å².